The van der Waals surface area contributed by atoms with Gasteiger partial charge in [-0.3, -0.25) is 9.59 Å². The van der Waals surface area contributed by atoms with Crippen molar-refractivity contribution < 1.29 is 24.0 Å². The lowest BCUT2D eigenvalue weighted by Crippen LogP contribution is -3.11. The Balaban J connectivity index is 1.47. The molecule has 1 heterocycles. The van der Waals surface area contributed by atoms with Crippen LogP contribution in [-0.4, -0.2) is 51.2 Å². The molecule has 1 unspecified atom stereocenters. The Hall–Kier alpha value is -2.28. The fourth-order valence-electron chi connectivity index (χ4n) is 2.82. The van der Waals surface area contributed by atoms with E-state index in [0.717, 1.165) is 29.1 Å². The van der Waals surface area contributed by atoms with Crippen molar-refractivity contribution in [2.75, 3.05) is 33.4 Å². The van der Waals surface area contributed by atoms with Crippen LogP contribution in [0.5, 0.6) is 11.5 Å². The largest absolute Gasteiger partial charge is 0.486 e. The SMILES string of the molecule is C[C@H](NC(=O)C[NH+](C)CC(=O)NC1CC1)c1ccc2c(c1)OCCO2. The van der Waals surface area contributed by atoms with Crippen LogP contribution < -0.4 is 25.0 Å². The van der Waals surface area contributed by atoms with Gasteiger partial charge in [0.25, 0.3) is 11.8 Å². The number of quaternary nitrogens is 1. The summed E-state index contributed by atoms with van der Waals surface area (Å²) in [5, 5.41) is 5.91. The molecule has 1 fully saturated rings. The highest BCUT2D eigenvalue weighted by molar-refractivity contribution is 5.79. The van der Waals surface area contributed by atoms with Crippen LogP contribution >= 0.6 is 0 Å². The van der Waals surface area contributed by atoms with Crippen LogP contribution in [0, 0.1) is 0 Å². The fraction of sp³-hybridized carbons (Fsp3) is 0.556. The van der Waals surface area contributed by atoms with Crippen LogP contribution in [0.3, 0.4) is 0 Å². The van der Waals surface area contributed by atoms with E-state index >= 15 is 0 Å². The molecule has 1 aromatic carbocycles. The zero-order valence-electron chi connectivity index (χ0n) is 14.8. The number of benzene rings is 1. The maximum Gasteiger partial charge on any atom is 0.275 e. The standard InChI is InChI=1S/C18H25N3O4/c1-12(13-3-6-15-16(9-13)25-8-7-24-15)19-17(22)10-21(2)11-18(23)20-14-4-5-14/h3,6,9,12,14H,4-5,7-8,10-11H2,1-2H3,(H,19,22)(H,20,23)/p+1/t12-/m0/s1. The number of hydrogen-bond acceptors (Lipinski definition) is 4. The Morgan fingerprint density at radius 1 is 1.16 bits per heavy atom. The van der Waals surface area contributed by atoms with Crippen LogP contribution in [0.2, 0.25) is 0 Å². The van der Waals surface area contributed by atoms with Crippen molar-refractivity contribution in [2.24, 2.45) is 0 Å². The Morgan fingerprint density at radius 2 is 1.84 bits per heavy atom. The molecular formula is C18H26N3O4+. The van der Waals surface area contributed by atoms with E-state index in [2.05, 4.69) is 10.6 Å². The Labute approximate surface area is 147 Å². The van der Waals surface area contributed by atoms with E-state index in [1.807, 2.05) is 32.2 Å². The average molecular weight is 348 g/mol. The maximum atomic E-state index is 12.2. The van der Waals surface area contributed by atoms with Crippen molar-refractivity contribution in [3.8, 4) is 11.5 Å². The molecule has 7 heteroatoms. The number of amides is 2. The molecular weight excluding hydrogens is 322 g/mol. The summed E-state index contributed by atoms with van der Waals surface area (Å²) in [5.41, 5.74) is 0.960. The summed E-state index contributed by atoms with van der Waals surface area (Å²) >= 11 is 0. The summed E-state index contributed by atoms with van der Waals surface area (Å²) in [6.45, 7) is 3.59. The van der Waals surface area contributed by atoms with Crippen molar-refractivity contribution in [3.05, 3.63) is 23.8 Å². The van der Waals surface area contributed by atoms with E-state index in [1.54, 1.807) is 0 Å². The van der Waals surface area contributed by atoms with E-state index in [0.29, 0.717) is 31.5 Å². The van der Waals surface area contributed by atoms with E-state index in [1.165, 1.54) is 0 Å². The molecule has 0 spiro atoms. The quantitative estimate of drug-likeness (QED) is 0.616. The predicted molar refractivity (Wildman–Crippen MR) is 91.8 cm³/mol. The second kappa shape index (κ2) is 7.74. The molecule has 1 aliphatic heterocycles. The summed E-state index contributed by atoms with van der Waals surface area (Å²) in [7, 11) is 1.85. The molecule has 2 aliphatic rings. The summed E-state index contributed by atoms with van der Waals surface area (Å²) in [4.78, 5) is 24.9. The van der Waals surface area contributed by atoms with Crippen LogP contribution in [0.1, 0.15) is 31.4 Å². The number of rotatable bonds is 7. The number of hydrogen-bond donors (Lipinski definition) is 3. The van der Waals surface area contributed by atoms with E-state index in [-0.39, 0.29) is 24.4 Å². The van der Waals surface area contributed by atoms with Crippen molar-refractivity contribution in [1.82, 2.24) is 10.6 Å². The molecule has 2 amide bonds. The highest BCUT2D eigenvalue weighted by Gasteiger charge is 2.25. The molecule has 1 aromatic rings. The molecule has 1 aliphatic carbocycles. The third-order valence-corrected chi connectivity index (χ3v) is 4.31. The van der Waals surface area contributed by atoms with Gasteiger partial charge in [0.1, 0.15) is 13.2 Å². The first-order valence-electron chi connectivity index (χ1n) is 8.81. The molecule has 136 valence electrons. The molecule has 3 rings (SSSR count). The van der Waals surface area contributed by atoms with Crippen molar-refractivity contribution in [1.29, 1.82) is 0 Å². The minimum Gasteiger partial charge on any atom is -0.486 e. The summed E-state index contributed by atoms with van der Waals surface area (Å²) in [5.74, 6) is 1.37. The van der Waals surface area contributed by atoms with Crippen LogP contribution in [0.15, 0.2) is 18.2 Å². The molecule has 2 atom stereocenters. The Morgan fingerprint density at radius 3 is 2.56 bits per heavy atom. The third-order valence-electron chi connectivity index (χ3n) is 4.31. The first-order chi connectivity index (χ1) is 12.0. The number of likely N-dealkylation sites (N-methyl/N-ethyl adjacent to an activating group) is 1. The highest BCUT2D eigenvalue weighted by atomic mass is 16.6. The maximum absolute atomic E-state index is 12.2. The van der Waals surface area contributed by atoms with Gasteiger partial charge in [0, 0.05) is 6.04 Å². The topological polar surface area (TPSA) is 81.1 Å². The summed E-state index contributed by atoms with van der Waals surface area (Å²) in [6.07, 6.45) is 2.14. The van der Waals surface area contributed by atoms with Crippen molar-refractivity contribution in [2.45, 2.75) is 31.8 Å². The molecule has 0 radical (unpaired) electrons. The highest BCUT2D eigenvalue weighted by Crippen LogP contribution is 2.32. The first-order valence-corrected chi connectivity index (χ1v) is 8.81. The van der Waals surface area contributed by atoms with Gasteiger partial charge in [-0.1, -0.05) is 6.07 Å². The second-order valence-electron chi connectivity index (χ2n) is 6.84. The van der Waals surface area contributed by atoms with Crippen LogP contribution in [0.4, 0.5) is 0 Å². The van der Waals surface area contributed by atoms with Gasteiger partial charge in [-0.05, 0) is 37.5 Å². The molecule has 0 aromatic heterocycles. The number of ether oxygens (including phenoxy) is 2. The minimum absolute atomic E-state index is 0.00712. The van der Waals surface area contributed by atoms with E-state index in [9.17, 15) is 9.59 Å². The molecule has 3 N–H and O–H groups in total. The third kappa shape index (κ3) is 5.09. The van der Waals surface area contributed by atoms with Gasteiger partial charge in [-0.2, -0.15) is 0 Å². The van der Waals surface area contributed by atoms with Gasteiger partial charge in [0.15, 0.2) is 24.6 Å². The van der Waals surface area contributed by atoms with Gasteiger partial charge in [0.2, 0.25) is 0 Å². The lowest BCUT2D eigenvalue weighted by atomic mass is 10.1. The summed E-state index contributed by atoms with van der Waals surface area (Å²) < 4.78 is 11.1. The normalized spacial score (nSPS) is 18.2. The zero-order valence-corrected chi connectivity index (χ0v) is 14.8. The zero-order chi connectivity index (χ0) is 17.8. The van der Waals surface area contributed by atoms with Crippen LogP contribution in [-0.2, 0) is 9.59 Å². The van der Waals surface area contributed by atoms with Crippen LogP contribution in [0.25, 0.3) is 0 Å². The summed E-state index contributed by atoms with van der Waals surface area (Å²) in [6, 6.07) is 5.91. The molecule has 7 nitrogen and oxygen atoms in total. The van der Waals surface area contributed by atoms with E-state index < -0.39 is 0 Å². The van der Waals surface area contributed by atoms with E-state index in [4.69, 9.17) is 9.47 Å². The van der Waals surface area contributed by atoms with Gasteiger partial charge in [-0.15, -0.1) is 0 Å². The number of carbonyl (C=O) groups excluding carboxylic acids is 2. The lowest BCUT2D eigenvalue weighted by molar-refractivity contribution is -0.862. The molecule has 25 heavy (non-hydrogen) atoms. The average Bonchev–Trinajstić information content (AvgIpc) is 3.37. The number of nitrogens with one attached hydrogen (secondary N) is 3. The van der Waals surface area contributed by atoms with Crippen molar-refractivity contribution in [3.63, 3.8) is 0 Å². The number of fused-ring (bicyclic) bond motifs is 1. The smallest absolute Gasteiger partial charge is 0.275 e. The van der Waals surface area contributed by atoms with Crippen molar-refractivity contribution >= 4 is 11.8 Å². The fourth-order valence-corrected chi connectivity index (χ4v) is 2.82. The monoisotopic (exact) mass is 348 g/mol. The first kappa shape index (κ1) is 17.5. The minimum atomic E-state index is -0.142. The van der Waals surface area contributed by atoms with Gasteiger partial charge in [0.05, 0.1) is 13.1 Å². The van der Waals surface area contributed by atoms with Gasteiger partial charge < -0.3 is 25.0 Å². The molecule has 1 saturated carbocycles. The number of carbonyl (C=O) groups is 2. The predicted octanol–water partition coefficient (Wildman–Crippen LogP) is -0.572. The Bertz CT molecular complexity index is 645. The molecule has 0 saturated heterocycles. The second-order valence-corrected chi connectivity index (χ2v) is 6.84. The van der Waals surface area contributed by atoms with Gasteiger partial charge >= 0.3 is 0 Å². The van der Waals surface area contributed by atoms with Gasteiger partial charge in [-0.25, -0.2) is 0 Å². The Kier molecular flexibility index (Phi) is 5.43. The lowest BCUT2D eigenvalue weighted by Gasteiger charge is -2.21. The molecule has 0 bridgehead atoms.